The minimum Gasteiger partial charge on any atom is -0.411 e. The molecule has 2 aromatic heterocycles. The molecule has 1 amide bonds. The summed E-state index contributed by atoms with van der Waals surface area (Å²) in [5, 5.41) is 11.3. The number of thioether (sulfide) groups is 1. The van der Waals surface area contributed by atoms with E-state index >= 15 is 0 Å². The summed E-state index contributed by atoms with van der Waals surface area (Å²) >= 11 is 6.28. The van der Waals surface area contributed by atoms with Crippen LogP contribution >= 0.6 is 39.0 Å². The normalized spacial score (nSPS) is 10.8. The third-order valence-electron chi connectivity index (χ3n) is 3.88. The zero-order valence-electron chi connectivity index (χ0n) is 15.3. The van der Waals surface area contributed by atoms with Gasteiger partial charge >= 0.3 is 0 Å². The SMILES string of the molecule is CC(=O)N(c1ccccc1)c1nc(CSc2nnc(-c3cccc(Br)c3)o2)cs1. The van der Waals surface area contributed by atoms with Crippen LogP contribution < -0.4 is 4.90 Å². The largest absolute Gasteiger partial charge is 0.411 e. The van der Waals surface area contributed by atoms with E-state index in [0.29, 0.717) is 22.0 Å². The summed E-state index contributed by atoms with van der Waals surface area (Å²) in [6.45, 7) is 1.53. The Morgan fingerprint density at radius 1 is 1.17 bits per heavy atom. The predicted octanol–water partition coefficient (Wildman–Crippen LogP) is 5.93. The van der Waals surface area contributed by atoms with Crippen molar-refractivity contribution >= 4 is 55.8 Å². The molecule has 0 spiro atoms. The van der Waals surface area contributed by atoms with Gasteiger partial charge in [-0.05, 0) is 30.3 Å². The number of nitrogens with zero attached hydrogens (tertiary/aromatic N) is 4. The van der Waals surface area contributed by atoms with Crippen molar-refractivity contribution in [2.24, 2.45) is 0 Å². The minimum atomic E-state index is -0.0830. The molecule has 4 rings (SSSR count). The number of benzene rings is 2. The topological polar surface area (TPSA) is 72.1 Å². The fourth-order valence-corrected chi connectivity index (χ4v) is 4.66. The zero-order valence-corrected chi connectivity index (χ0v) is 18.5. The van der Waals surface area contributed by atoms with Gasteiger partial charge in [0.05, 0.1) is 11.4 Å². The molecule has 29 heavy (non-hydrogen) atoms. The molecule has 0 saturated heterocycles. The highest BCUT2D eigenvalue weighted by atomic mass is 79.9. The predicted molar refractivity (Wildman–Crippen MR) is 118 cm³/mol. The Balaban J connectivity index is 1.45. The summed E-state index contributed by atoms with van der Waals surface area (Å²) in [6.07, 6.45) is 0. The number of aromatic nitrogens is 3. The van der Waals surface area contributed by atoms with Gasteiger partial charge in [-0.15, -0.1) is 21.5 Å². The second kappa shape index (κ2) is 8.89. The Bertz CT molecular complexity index is 1130. The number of thiazole rings is 1. The summed E-state index contributed by atoms with van der Waals surface area (Å²) in [7, 11) is 0. The first kappa shape index (κ1) is 19.8. The number of hydrogen-bond acceptors (Lipinski definition) is 7. The molecule has 0 aliphatic heterocycles. The van der Waals surface area contributed by atoms with Crippen molar-refractivity contribution in [2.75, 3.05) is 4.90 Å². The fourth-order valence-electron chi connectivity index (χ4n) is 2.61. The van der Waals surface area contributed by atoms with Crippen LogP contribution in [0.2, 0.25) is 0 Å². The molecule has 0 N–H and O–H groups in total. The van der Waals surface area contributed by atoms with Crippen LogP contribution in [0.4, 0.5) is 10.8 Å². The molecule has 0 radical (unpaired) electrons. The number of amides is 1. The van der Waals surface area contributed by atoms with E-state index in [0.717, 1.165) is 21.4 Å². The maximum absolute atomic E-state index is 12.1. The minimum absolute atomic E-state index is 0.0830. The average Bonchev–Trinajstić information content (AvgIpc) is 3.37. The molecular formula is C20H15BrN4O2S2. The highest BCUT2D eigenvalue weighted by Crippen LogP contribution is 2.31. The Kier molecular flexibility index (Phi) is 6.08. The van der Waals surface area contributed by atoms with E-state index < -0.39 is 0 Å². The quantitative estimate of drug-likeness (QED) is 0.314. The van der Waals surface area contributed by atoms with Crippen LogP contribution in [-0.2, 0) is 10.5 Å². The first-order valence-electron chi connectivity index (χ1n) is 8.62. The molecule has 146 valence electrons. The molecule has 2 heterocycles. The maximum atomic E-state index is 12.1. The molecule has 0 fully saturated rings. The van der Waals surface area contributed by atoms with Gasteiger partial charge in [-0.3, -0.25) is 9.69 Å². The second-order valence-corrected chi connectivity index (χ2v) is 8.66. The van der Waals surface area contributed by atoms with Crippen molar-refractivity contribution in [3.63, 3.8) is 0 Å². The number of anilines is 2. The van der Waals surface area contributed by atoms with Crippen LogP contribution in [0.15, 0.2) is 74.1 Å². The highest BCUT2D eigenvalue weighted by Gasteiger charge is 2.18. The number of carbonyl (C=O) groups is 1. The average molecular weight is 487 g/mol. The summed E-state index contributed by atoms with van der Waals surface area (Å²) in [4.78, 5) is 18.4. The Hall–Kier alpha value is -2.49. The summed E-state index contributed by atoms with van der Waals surface area (Å²) in [6, 6.07) is 17.2. The van der Waals surface area contributed by atoms with Crippen LogP contribution in [0, 0.1) is 0 Å². The van der Waals surface area contributed by atoms with E-state index in [2.05, 4.69) is 31.1 Å². The van der Waals surface area contributed by atoms with E-state index in [1.807, 2.05) is 60.0 Å². The first-order valence-corrected chi connectivity index (χ1v) is 11.3. The Labute approximate surface area is 184 Å². The highest BCUT2D eigenvalue weighted by molar-refractivity contribution is 9.10. The fraction of sp³-hybridized carbons (Fsp3) is 0.100. The van der Waals surface area contributed by atoms with Gasteiger partial charge in [0.25, 0.3) is 5.22 Å². The lowest BCUT2D eigenvalue weighted by Crippen LogP contribution is -2.22. The van der Waals surface area contributed by atoms with Crippen molar-refractivity contribution in [3.8, 4) is 11.5 Å². The monoisotopic (exact) mass is 486 g/mol. The standard InChI is InChI=1S/C20H15BrN4O2S2/c1-13(26)25(17-8-3-2-4-9-17)19-22-16(11-28-19)12-29-20-24-23-18(27-20)14-6-5-7-15(21)10-14/h2-11H,12H2,1H3. The van der Waals surface area contributed by atoms with Crippen molar-refractivity contribution in [1.82, 2.24) is 15.2 Å². The lowest BCUT2D eigenvalue weighted by atomic mass is 10.2. The van der Waals surface area contributed by atoms with Gasteiger partial charge < -0.3 is 4.42 Å². The molecule has 9 heteroatoms. The van der Waals surface area contributed by atoms with Crippen molar-refractivity contribution < 1.29 is 9.21 Å². The first-order chi connectivity index (χ1) is 14.1. The lowest BCUT2D eigenvalue weighted by Gasteiger charge is -2.17. The van der Waals surface area contributed by atoms with Gasteiger partial charge in [-0.25, -0.2) is 4.98 Å². The summed E-state index contributed by atoms with van der Waals surface area (Å²) < 4.78 is 6.69. The number of halogens is 1. The van der Waals surface area contributed by atoms with Crippen molar-refractivity contribution in [2.45, 2.75) is 17.9 Å². The van der Waals surface area contributed by atoms with Gasteiger partial charge in [0.1, 0.15) is 0 Å². The summed E-state index contributed by atoms with van der Waals surface area (Å²) in [5.41, 5.74) is 2.50. The number of rotatable bonds is 6. The Morgan fingerprint density at radius 2 is 2.00 bits per heavy atom. The third-order valence-corrected chi connectivity index (χ3v) is 6.10. The van der Waals surface area contributed by atoms with E-state index in [-0.39, 0.29) is 5.91 Å². The second-order valence-electron chi connectivity index (χ2n) is 5.98. The molecule has 0 bridgehead atoms. The van der Waals surface area contributed by atoms with Gasteiger partial charge in [-0.1, -0.05) is 52.0 Å². The lowest BCUT2D eigenvalue weighted by molar-refractivity contribution is -0.115. The molecule has 0 aliphatic rings. The smallest absolute Gasteiger partial charge is 0.277 e. The molecular weight excluding hydrogens is 472 g/mol. The van der Waals surface area contributed by atoms with Crippen molar-refractivity contribution in [3.05, 3.63) is 70.1 Å². The van der Waals surface area contributed by atoms with Gasteiger partial charge in [0.2, 0.25) is 11.8 Å². The maximum Gasteiger partial charge on any atom is 0.277 e. The summed E-state index contributed by atoms with van der Waals surface area (Å²) in [5.74, 6) is 0.955. The molecule has 0 atom stereocenters. The molecule has 0 aliphatic carbocycles. The zero-order chi connectivity index (χ0) is 20.2. The van der Waals surface area contributed by atoms with Crippen molar-refractivity contribution in [1.29, 1.82) is 0 Å². The van der Waals surface area contributed by atoms with Crippen LogP contribution in [0.25, 0.3) is 11.5 Å². The number of hydrogen-bond donors (Lipinski definition) is 0. The van der Waals surface area contributed by atoms with E-state index in [1.165, 1.54) is 30.0 Å². The van der Waals surface area contributed by atoms with Crippen LogP contribution in [0.1, 0.15) is 12.6 Å². The van der Waals surface area contributed by atoms with E-state index in [9.17, 15) is 4.79 Å². The van der Waals surface area contributed by atoms with Crippen LogP contribution in [0.3, 0.4) is 0 Å². The van der Waals surface area contributed by atoms with Crippen LogP contribution in [0.5, 0.6) is 0 Å². The number of carbonyl (C=O) groups excluding carboxylic acids is 1. The molecule has 0 saturated carbocycles. The molecule has 4 aromatic rings. The molecule has 0 unspecified atom stereocenters. The van der Waals surface area contributed by atoms with Gasteiger partial charge in [-0.2, -0.15) is 0 Å². The number of para-hydroxylation sites is 1. The van der Waals surface area contributed by atoms with Crippen LogP contribution in [-0.4, -0.2) is 21.1 Å². The molecule has 2 aromatic carbocycles. The molecule has 6 nitrogen and oxygen atoms in total. The Morgan fingerprint density at radius 3 is 2.76 bits per heavy atom. The van der Waals surface area contributed by atoms with Gasteiger partial charge in [0, 0.05) is 28.1 Å². The van der Waals surface area contributed by atoms with Gasteiger partial charge in [0.15, 0.2) is 5.13 Å². The third kappa shape index (κ3) is 4.75. The van der Waals surface area contributed by atoms with E-state index in [1.54, 1.807) is 4.90 Å². The van der Waals surface area contributed by atoms with E-state index in [4.69, 9.17) is 4.42 Å².